The van der Waals surface area contributed by atoms with E-state index >= 15 is 0 Å². The Hall–Kier alpha value is -3.78. The summed E-state index contributed by atoms with van der Waals surface area (Å²) in [6.45, 7) is 4.69. The number of nitrogens with zero attached hydrogens (tertiary/aromatic N) is 5. The third-order valence-electron chi connectivity index (χ3n) is 6.27. The highest BCUT2D eigenvalue weighted by molar-refractivity contribution is 5.85. The highest BCUT2D eigenvalue weighted by atomic mass is 15.3. The number of aryl methyl sites for hydroxylation is 1. The summed E-state index contributed by atoms with van der Waals surface area (Å²) in [4.78, 5) is 10.5. The van der Waals surface area contributed by atoms with Gasteiger partial charge in [-0.3, -0.25) is 5.10 Å². The number of piperazine rings is 1. The molecule has 160 valence electrons. The number of hydrogen-bond acceptors (Lipinski definition) is 6. The van der Waals surface area contributed by atoms with Gasteiger partial charge in [-0.1, -0.05) is 18.2 Å². The molecular weight excluding hydrogens is 400 g/mol. The highest BCUT2D eigenvalue weighted by Gasteiger charge is 2.22. The van der Waals surface area contributed by atoms with Gasteiger partial charge in [0.25, 0.3) is 0 Å². The van der Waals surface area contributed by atoms with Gasteiger partial charge in [-0.05, 0) is 43.2 Å². The topological polar surface area (TPSA) is 98.4 Å². The lowest BCUT2D eigenvalue weighted by Crippen LogP contribution is -2.52. The Kier molecular flexibility index (Phi) is 4.57. The van der Waals surface area contributed by atoms with Crippen LogP contribution in [0.1, 0.15) is 11.3 Å². The molecule has 8 heteroatoms. The summed E-state index contributed by atoms with van der Waals surface area (Å²) in [5.41, 5.74) is 5.45. The van der Waals surface area contributed by atoms with Crippen molar-refractivity contribution in [2.75, 3.05) is 24.5 Å². The van der Waals surface area contributed by atoms with E-state index in [1.807, 2.05) is 19.1 Å². The first-order valence-corrected chi connectivity index (χ1v) is 10.9. The normalized spacial score (nSPS) is 16.8. The average Bonchev–Trinajstić information content (AvgIpc) is 3.43. The van der Waals surface area contributed by atoms with Gasteiger partial charge < -0.3 is 15.2 Å². The van der Waals surface area contributed by atoms with Crippen molar-refractivity contribution in [2.24, 2.45) is 0 Å². The van der Waals surface area contributed by atoms with Crippen molar-refractivity contribution >= 4 is 27.6 Å². The van der Waals surface area contributed by atoms with E-state index in [9.17, 15) is 0 Å². The molecule has 32 heavy (non-hydrogen) atoms. The SMILES string of the molecule is Cc1[nH]nc2ccc(-c3nncc(N4CCNC(Cc5c[nH]c6ccccc56)C4)n3)cc12. The van der Waals surface area contributed by atoms with Gasteiger partial charge in [0.2, 0.25) is 0 Å². The van der Waals surface area contributed by atoms with Gasteiger partial charge in [-0.15, -0.1) is 5.10 Å². The maximum Gasteiger partial charge on any atom is 0.183 e. The molecule has 0 aliphatic carbocycles. The number of benzene rings is 2. The lowest BCUT2D eigenvalue weighted by Gasteiger charge is -2.34. The number of nitrogens with one attached hydrogen (secondary N) is 3. The van der Waals surface area contributed by atoms with Crippen molar-refractivity contribution in [2.45, 2.75) is 19.4 Å². The summed E-state index contributed by atoms with van der Waals surface area (Å²) in [6.07, 6.45) is 4.85. The van der Waals surface area contributed by atoms with Crippen LogP contribution in [0.4, 0.5) is 5.82 Å². The number of fused-ring (bicyclic) bond motifs is 2. The van der Waals surface area contributed by atoms with Crippen LogP contribution < -0.4 is 10.2 Å². The van der Waals surface area contributed by atoms with E-state index < -0.39 is 0 Å². The van der Waals surface area contributed by atoms with Crippen LogP contribution >= 0.6 is 0 Å². The van der Waals surface area contributed by atoms with Crippen molar-refractivity contribution in [1.29, 1.82) is 0 Å². The molecule has 1 unspecified atom stereocenters. The smallest absolute Gasteiger partial charge is 0.183 e. The molecule has 1 saturated heterocycles. The van der Waals surface area contributed by atoms with Crippen LogP contribution in [0, 0.1) is 6.92 Å². The average molecular weight is 425 g/mol. The molecule has 1 aliphatic rings. The van der Waals surface area contributed by atoms with Crippen LogP contribution in [0.5, 0.6) is 0 Å². The molecule has 1 atom stereocenters. The molecule has 4 heterocycles. The van der Waals surface area contributed by atoms with Crippen LogP contribution in [0.3, 0.4) is 0 Å². The standard InChI is InChI=1S/C24H24N8/c1-15-20-11-16(6-7-22(20)30-29-15)24-28-23(13-27-31-24)32-9-8-25-18(14-32)10-17-12-26-21-5-3-2-4-19(17)21/h2-7,11-13,18,25-26H,8-10,14H2,1H3,(H,29,30). The molecular formula is C24H24N8. The summed E-state index contributed by atoms with van der Waals surface area (Å²) in [5, 5.41) is 21.9. The minimum atomic E-state index is 0.339. The first-order chi connectivity index (χ1) is 15.7. The molecule has 1 fully saturated rings. The fourth-order valence-electron chi connectivity index (χ4n) is 4.58. The summed E-state index contributed by atoms with van der Waals surface area (Å²) >= 11 is 0. The van der Waals surface area contributed by atoms with Crippen LogP contribution in [0.2, 0.25) is 0 Å². The van der Waals surface area contributed by atoms with Gasteiger partial charge in [0, 0.05) is 59.4 Å². The van der Waals surface area contributed by atoms with Gasteiger partial charge in [0.05, 0.1) is 11.7 Å². The minimum Gasteiger partial charge on any atom is -0.361 e. The number of rotatable bonds is 4. The monoisotopic (exact) mass is 424 g/mol. The fourth-order valence-corrected chi connectivity index (χ4v) is 4.58. The molecule has 6 rings (SSSR count). The van der Waals surface area contributed by atoms with Crippen molar-refractivity contribution < 1.29 is 0 Å². The number of H-pyrrole nitrogens is 2. The van der Waals surface area contributed by atoms with Crippen LogP contribution in [0.15, 0.2) is 54.9 Å². The Morgan fingerprint density at radius 3 is 3.03 bits per heavy atom. The largest absolute Gasteiger partial charge is 0.361 e. The van der Waals surface area contributed by atoms with Crippen molar-refractivity contribution in [1.82, 2.24) is 35.7 Å². The number of aromatic nitrogens is 6. The molecule has 0 radical (unpaired) electrons. The molecule has 0 amide bonds. The summed E-state index contributed by atoms with van der Waals surface area (Å²) in [5.74, 6) is 1.50. The second-order valence-electron chi connectivity index (χ2n) is 8.38. The van der Waals surface area contributed by atoms with Crippen molar-refractivity contribution in [3.8, 4) is 11.4 Å². The molecule has 5 aromatic rings. The Bertz CT molecular complexity index is 1400. The zero-order valence-corrected chi connectivity index (χ0v) is 17.8. The van der Waals surface area contributed by atoms with E-state index in [2.05, 4.69) is 72.1 Å². The molecule has 1 aliphatic heterocycles. The summed E-state index contributed by atoms with van der Waals surface area (Å²) in [7, 11) is 0. The zero-order chi connectivity index (χ0) is 21.5. The number of para-hydroxylation sites is 1. The second-order valence-corrected chi connectivity index (χ2v) is 8.38. The molecule has 3 aromatic heterocycles. The molecule has 8 nitrogen and oxygen atoms in total. The van der Waals surface area contributed by atoms with Crippen molar-refractivity contribution in [3.05, 3.63) is 66.1 Å². The quantitative estimate of drug-likeness (QED) is 0.410. The van der Waals surface area contributed by atoms with E-state index in [0.29, 0.717) is 11.9 Å². The van der Waals surface area contributed by atoms with E-state index in [0.717, 1.165) is 54.0 Å². The number of anilines is 1. The fraction of sp³-hybridized carbons (Fsp3) is 0.250. The second kappa shape index (κ2) is 7.72. The van der Waals surface area contributed by atoms with Crippen LogP contribution in [-0.4, -0.2) is 56.0 Å². The van der Waals surface area contributed by atoms with Gasteiger partial charge in [-0.25, -0.2) is 4.98 Å². The van der Waals surface area contributed by atoms with Gasteiger partial charge in [-0.2, -0.15) is 10.2 Å². The number of aromatic amines is 2. The zero-order valence-electron chi connectivity index (χ0n) is 17.8. The van der Waals surface area contributed by atoms with Crippen LogP contribution in [-0.2, 0) is 6.42 Å². The third-order valence-corrected chi connectivity index (χ3v) is 6.27. The first-order valence-electron chi connectivity index (χ1n) is 10.9. The Morgan fingerprint density at radius 1 is 1.12 bits per heavy atom. The predicted octanol–water partition coefficient (Wildman–Crippen LogP) is 3.23. The van der Waals surface area contributed by atoms with Crippen LogP contribution in [0.25, 0.3) is 33.2 Å². The third kappa shape index (κ3) is 3.38. The first kappa shape index (κ1) is 18.9. The molecule has 2 aromatic carbocycles. The lowest BCUT2D eigenvalue weighted by molar-refractivity contribution is 0.453. The molecule has 0 saturated carbocycles. The predicted molar refractivity (Wildman–Crippen MR) is 126 cm³/mol. The number of hydrogen-bond donors (Lipinski definition) is 3. The molecule has 3 N–H and O–H groups in total. The Labute approximate surface area is 185 Å². The van der Waals surface area contributed by atoms with E-state index in [-0.39, 0.29) is 0 Å². The minimum absolute atomic E-state index is 0.339. The highest BCUT2D eigenvalue weighted by Crippen LogP contribution is 2.25. The summed E-state index contributed by atoms with van der Waals surface area (Å²) in [6, 6.07) is 14.9. The van der Waals surface area contributed by atoms with E-state index in [1.165, 1.54) is 16.5 Å². The van der Waals surface area contributed by atoms with E-state index in [4.69, 9.17) is 4.98 Å². The van der Waals surface area contributed by atoms with E-state index in [1.54, 1.807) is 6.20 Å². The Balaban J connectivity index is 1.24. The molecule has 0 spiro atoms. The van der Waals surface area contributed by atoms with Gasteiger partial charge >= 0.3 is 0 Å². The summed E-state index contributed by atoms with van der Waals surface area (Å²) < 4.78 is 0. The Morgan fingerprint density at radius 2 is 2.06 bits per heavy atom. The maximum absolute atomic E-state index is 4.86. The van der Waals surface area contributed by atoms with Crippen molar-refractivity contribution in [3.63, 3.8) is 0 Å². The van der Waals surface area contributed by atoms with Gasteiger partial charge in [0.1, 0.15) is 0 Å². The van der Waals surface area contributed by atoms with Gasteiger partial charge in [0.15, 0.2) is 11.6 Å². The maximum atomic E-state index is 4.86. The molecule has 0 bridgehead atoms. The lowest BCUT2D eigenvalue weighted by atomic mass is 10.0.